The molecule has 0 saturated carbocycles. The Labute approximate surface area is 266 Å². The Kier molecular flexibility index (Phi) is 9.39. The number of carboxylic acids is 1. The Morgan fingerprint density at radius 2 is 1.31 bits per heavy atom. The number of benzene rings is 4. The summed E-state index contributed by atoms with van der Waals surface area (Å²) >= 11 is 1.28. The fourth-order valence-electron chi connectivity index (χ4n) is 4.82. The molecule has 0 radical (unpaired) electrons. The summed E-state index contributed by atoms with van der Waals surface area (Å²) < 4.78 is 5.39. The van der Waals surface area contributed by atoms with Crippen molar-refractivity contribution in [2.45, 2.75) is 38.5 Å². The van der Waals surface area contributed by atoms with Gasteiger partial charge in [-0.05, 0) is 55.2 Å². The molecule has 0 aliphatic carbocycles. The first-order valence-electron chi connectivity index (χ1n) is 14.3. The zero-order chi connectivity index (χ0) is 31.9. The Morgan fingerprint density at radius 3 is 1.78 bits per heavy atom. The number of anilines is 1. The molecule has 0 spiro atoms. The Bertz CT molecular complexity index is 1670. The van der Waals surface area contributed by atoms with E-state index in [1.807, 2.05) is 54.6 Å². The van der Waals surface area contributed by atoms with Crippen molar-refractivity contribution < 1.29 is 24.3 Å². The second-order valence-electron chi connectivity index (χ2n) is 11.2. The van der Waals surface area contributed by atoms with Gasteiger partial charge in [-0.15, -0.1) is 11.3 Å². The third kappa shape index (κ3) is 7.45. The van der Waals surface area contributed by atoms with Crippen molar-refractivity contribution in [2.75, 3.05) is 5.32 Å². The van der Waals surface area contributed by atoms with Gasteiger partial charge in [0.15, 0.2) is 5.13 Å². The van der Waals surface area contributed by atoms with Crippen molar-refractivity contribution in [3.05, 3.63) is 154 Å². The van der Waals surface area contributed by atoms with Gasteiger partial charge < -0.3 is 20.0 Å². The number of rotatable bonds is 11. The van der Waals surface area contributed by atoms with Gasteiger partial charge in [0.05, 0.1) is 5.56 Å². The average Bonchev–Trinajstić information content (AvgIpc) is 3.50. The molecule has 0 atom stereocenters. The molecule has 45 heavy (non-hydrogen) atoms. The van der Waals surface area contributed by atoms with E-state index in [9.17, 15) is 14.7 Å². The quantitative estimate of drug-likeness (QED) is 0.0682. The number of nitrogens with one attached hydrogen (secondary N) is 1. The predicted octanol–water partition coefficient (Wildman–Crippen LogP) is 7.51. The number of oxime groups is 1. The van der Waals surface area contributed by atoms with Gasteiger partial charge in [0.2, 0.25) is 5.71 Å². The number of aliphatic carboxylic acids is 1. The largest absolute Gasteiger partial charge is 0.476 e. The number of carbonyl (C=O) groups is 2. The molecule has 228 valence electrons. The van der Waals surface area contributed by atoms with Crippen LogP contribution in [0.4, 0.5) is 5.13 Å². The van der Waals surface area contributed by atoms with Gasteiger partial charge in [-0.25, -0.2) is 14.6 Å². The Morgan fingerprint density at radius 1 is 0.800 bits per heavy atom. The van der Waals surface area contributed by atoms with Crippen LogP contribution in [0.5, 0.6) is 0 Å². The van der Waals surface area contributed by atoms with E-state index in [1.165, 1.54) is 11.3 Å². The first-order valence-corrected chi connectivity index (χ1v) is 15.2. The van der Waals surface area contributed by atoms with Crippen LogP contribution in [-0.2, 0) is 26.5 Å². The maximum Gasteiger partial charge on any atom is 0.360 e. The average molecular weight is 620 g/mol. The van der Waals surface area contributed by atoms with E-state index in [4.69, 9.17) is 9.57 Å². The minimum absolute atomic E-state index is 0.000243. The van der Waals surface area contributed by atoms with Crippen molar-refractivity contribution in [3.8, 4) is 0 Å². The van der Waals surface area contributed by atoms with Crippen LogP contribution in [0.15, 0.2) is 126 Å². The van der Waals surface area contributed by atoms with E-state index in [0.29, 0.717) is 16.3 Å². The summed E-state index contributed by atoms with van der Waals surface area (Å²) in [6.07, 6.45) is 0. The highest BCUT2D eigenvalue weighted by Crippen LogP contribution is 2.40. The standard InChI is InChI=1S/C36H33N3O5S/c1-35(2,3)44-33(42)26-21-19-25(20-22-26)23-43-39-31(32(40)41)30-24-45-34(37-30)38-36(27-13-7-4-8-14-27,28-15-9-5-10-16-28)29-17-11-6-12-18-29/h4-22,24H,23H2,1-3H3,(H,37,38)(H,40,41). The summed E-state index contributed by atoms with van der Waals surface area (Å²) in [5.74, 6) is -1.70. The topological polar surface area (TPSA) is 110 Å². The summed E-state index contributed by atoms with van der Waals surface area (Å²) in [7, 11) is 0. The van der Waals surface area contributed by atoms with Crippen molar-refractivity contribution in [1.82, 2.24) is 4.98 Å². The fraction of sp³-hybridized carbons (Fsp3) is 0.167. The van der Waals surface area contributed by atoms with Crippen molar-refractivity contribution in [2.24, 2.45) is 5.16 Å². The molecule has 2 N–H and O–H groups in total. The highest BCUT2D eigenvalue weighted by atomic mass is 32.1. The summed E-state index contributed by atoms with van der Waals surface area (Å²) in [5.41, 5.74) is 2.51. The maximum atomic E-state index is 12.3. The van der Waals surface area contributed by atoms with Crippen LogP contribution in [0, 0.1) is 0 Å². The smallest absolute Gasteiger partial charge is 0.360 e. The molecule has 0 fully saturated rings. The molecule has 0 aliphatic rings. The van der Waals surface area contributed by atoms with Crippen molar-refractivity contribution in [3.63, 3.8) is 0 Å². The molecule has 5 aromatic rings. The van der Waals surface area contributed by atoms with Crippen molar-refractivity contribution in [1.29, 1.82) is 0 Å². The van der Waals surface area contributed by atoms with Crippen LogP contribution in [0.2, 0.25) is 0 Å². The third-order valence-electron chi connectivity index (χ3n) is 6.84. The molecule has 1 aromatic heterocycles. The van der Waals surface area contributed by atoms with E-state index in [0.717, 1.165) is 16.7 Å². The molecule has 4 aromatic carbocycles. The minimum Gasteiger partial charge on any atom is -0.476 e. The van der Waals surface area contributed by atoms with Gasteiger partial charge in [0.25, 0.3) is 0 Å². The van der Waals surface area contributed by atoms with Crippen LogP contribution in [-0.4, -0.2) is 33.3 Å². The predicted molar refractivity (Wildman–Crippen MR) is 176 cm³/mol. The third-order valence-corrected chi connectivity index (χ3v) is 7.60. The van der Waals surface area contributed by atoms with E-state index < -0.39 is 23.1 Å². The molecule has 5 rings (SSSR count). The second-order valence-corrected chi connectivity index (χ2v) is 12.1. The molecule has 0 unspecified atom stereocenters. The number of hydrogen-bond acceptors (Lipinski definition) is 8. The summed E-state index contributed by atoms with van der Waals surface area (Å²) in [5, 5.41) is 19.7. The summed E-state index contributed by atoms with van der Waals surface area (Å²) in [4.78, 5) is 34.6. The normalized spacial score (nSPS) is 11.9. The number of aromatic nitrogens is 1. The lowest BCUT2D eigenvalue weighted by atomic mass is 9.77. The molecule has 9 heteroatoms. The number of nitrogens with zero attached hydrogens (tertiary/aromatic N) is 2. The van der Waals surface area contributed by atoms with E-state index in [-0.39, 0.29) is 18.0 Å². The van der Waals surface area contributed by atoms with E-state index >= 15 is 0 Å². The highest BCUT2D eigenvalue weighted by molar-refractivity contribution is 7.14. The lowest BCUT2D eigenvalue weighted by Crippen LogP contribution is -2.38. The number of esters is 1. The molecule has 0 amide bonds. The lowest BCUT2D eigenvalue weighted by Gasteiger charge is -2.36. The highest BCUT2D eigenvalue weighted by Gasteiger charge is 2.37. The number of hydrogen-bond donors (Lipinski definition) is 2. The number of thiazole rings is 1. The molecule has 0 saturated heterocycles. The summed E-state index contributed by atoms with van der Waals surface area (Å²) in [6.45, 7) is 5.41. The molecule has 0 bridgehead atoms. The van der Waals surface area contributed by atoms with Gasteiger partial charge in [-0.3, -0.25) is 0 Å². The molecular formula is C36H33N3O5S. The van der Waals surface area contributed by atoms with Gasteiger partial charge in [0.1, 0.15) is 23.4 Å². The Hall–Kier alpha value is -5.28. The fourth-order valence-corrected chi connectivity index (χ4v) is 5.57. The van der Waals surface area contributed by atoms with Crippen LogP contribution < -0.4 is 5.32 Å². The van der Waals surface area contributed by atoms with Crippen LogP contribution >= 0.6 is 11.3 Å². The number of ether oxygens (including phenoxy) is 1. The first kappa shape index (κ1) is 31.2. The van der Waals surface area contributed by atoms with Gasteiger partial charge in [-0.1, -0.05) is 108 Å². The second kappa shape index (κ2) is 13.6. The van der Waals surface area contributed by atoms with Gasteiger partial charge >= 0.3 is 11.9 Å². The monoisotopic (exact) mass is 619 g/mol. The van der Waals surface area contributed by atoms with Gasteiger partial charge in [0, 0.05) is 5.38 Å². The maximum absolute atomic E-state index is 12.3. The van der Waals surface area contributed by atoms with E-state index in [2.05, 4.69) is 51.9 Å². The van der Waals surface area contributed by atoms with Crippen LogP contribution in [0.1, 0.15) is 59.1 Å². The number of carbonyl (C=O) groups excluding carboxylic acids is 1. The van der Waals surface area contributed by atoms with Crippen molar-refractivity contribution >= 4 is 34.1 Å². The lowest BCUT2D eigenvalue weighted by molar-refractivity contribution is -0.129. The zero-order valence-electron chi connectivity index (χ0n) is 25.1. The molecule has 8 nitrogen and oxygen atoms in total. The first-order chi connectivity index (χ1) is 21.7. The number of carboxylic acid groups (broad SMARTS) is 1. The van der Waals surface area contributed by atoms with E-state index in [1.54, 1.807) is 50.4 Å². The van der Waals surface area contributed by atoms with Gasteiger partial charge in [-0.2, -0.15) is 0 Å². The SMILES string of the molecule is CC(C)(C)OC(=O)c1ccc(CON=C(C(=O)O)c2csc(NC(c3ccccc3)(c3ccccc3)c3ccccc3)n2)cc1. The zero-order valence-corrected chi connectivity index (χ0v) is 26.0. The van der Waals surface area contributed by atoms with Crippen LogP contribution in [0.3, 0.4) is 0 Å². The Balaban J connectivity index is 1.40. The van der Waals surface area contributed by atoms with Crippen LogP contribution in [0.25, 0.3) is 0 Å². The minimum atomic E-state index is -1.27. The molecule has 0 aliphatic heterocycles. The molecule has 1 heterocycles. The summed E-state index contributed by atoms with van der Waals surface area (Å²) in [6, 6.07) is 36.8. The molecular weight excluding hydrogens is 586 g/mol.